The van der Waals surface area contributed by atoms with Crippen molar-refractivity contribution in [1.82, 2.24) is 14.6 Å². The SMILES string of the molecule is Cc1ccc(S(=O)(=O)NCC(=O)N2CCN(c3ccccn3)CC2)s1. The van der Waals surface area contributed by atoms with E-state index in [0.29, 0.717) is 26.2 Å². The van der Waals surface area contributed by atoms with Gasteiger partial charge >= 0.3 is 0 Å². The van der Waals surface area contributed by atoms with Crippen LogP contribution in [0.2, 0.25) is 0 Å². The highest BCUT2D eigenvalue weighted by Crippen LogP contribution is 2.20. The molecule has 1 aliphatic rings. The summed E-state index contributed by atoms with van der Waals surface area (Å²) in [6, 6.07) is 9.04. The number of carbonyl (C=O) groups is 1. The maximum Gasteiger partial charge on any atom is 0.250 e. The van der Waals surface area contributed by atoms with E-state index < -0.39 is 10.0 Å². The highest BCUT2D eigenvalue weighted by atomic mass is 32.2. The van der Waals surface area contributed by atoms with Gasteiger partial charge in [-0.25, -0.2) is 18.1 Å². The normalized spacial score (nSPS) is 15.4. The molecule has 0 atom stereocenters. The number of nitrogens with zero attached hydrogens (tertiary/aromatic N) is 3. The Morgan fingerprint density at radius 3 is 2.56 bits per heavy atom. The van der Waals surface area contributed by atoms with Crippen LogP contribution in [-0.2, 0) is 14.8 Å². The molecule has 0 radical (unpaired) electrons. The fourth-order valence-corrected chi connectivity index (χ4v) is 4.92. The van der Waals surface area contributed by atoms with Gasteiger partial charge in [0.2, 0.25) is 5.91 Å². The van der Waals surface area contributed by atoms with Crippen molar-refractivity contribution in [3.8, 4) is 0 Å². The fraction of sp³-hybridized carbons (Fsp3) is 0.375. The first-order chi connectivity index (χ1) is 12.0. The molecule has 3 heterocycles. The van der Waals surface area contributed by atoms with E-state index in [0.717, 1.165) is 10.7 Å². The number of aryl methyl sites for hydroxylation is 1. The summed E-state index contributed by atoms with van der Waals surface area (Å²) in [5.74, 6) is 0.681. The standard InChI is InChI=1S/C16H20N4O3S2/c1-13-5-6-16(24-13)25(22,23)18-12-15(21)20-10-8-19(9-11-20)14-4-2-3-7-17-14/h2-7,18H,8-12H2,1H3. The molecule has 3 rings (SSSR count). The molecule has 0 aliphatic carbocycles. The number of hydrogen-bond acceptors (Lipinski definition) is 6. The lowest BCUT2D eigenvalue weighted by molar-refractivity contribution is -0.130. The predicted octanol–water partition coefficient (Wildman–Crippen LogP) is 1.08. The van der Waals surface area contributed by atoms with Gasteiger partial charge in [-0.05, 0) is 31.2 Å². The third kappa shape index (κ3) is 4.36. The zero-order valence-corrected chi connectivity index (χ0v) is 15.5. The lowest BCUT2D eigenvalue weighted by atomic mass is 10.3. The Bertz CT molecular complexity index is 828. The maximum atomic E-state index is 12.3. The van der Waals surface area contributed by atoms with Crippen molar-refractivity contribution in [3.63, 3.8) is 0 Å². The molecule has 134 valence electrons. The minimum atomic E-state index is -3.63. The highest BCUT2D eigenvalue weighted by molar-refractivity contribution is 7.91. The molecule has 2 aromatic heterocycles. The van der Waals surface area contributed by atoms with Crippen LogP contribution in [0.5, 0.6) is 0 Å². The van der Waals surface area contributed by atoms with Crippen molar-refractivity contribution < 1.29 is 13.2 Å². The average molecular weight is 380 g/mol. The average Bonchev–Trinajstić information content (AvgIpc) is 3.08. The van der Waals surface area contributed by atoms with Crippen LogP contribution in [0.4, 0.5) is 5.82 Å². The van der Waals surface area contributed by atoms with Crippen LogP contribution in [0.1, 0.15) is 4.88 Å². The molecule has 0 bridgehead atoms. The smallest absolute Gasteiger partial charge is 0.250 e. The van der Waals surface area contributed by atoms with E-state index in [1.807, 2.05) is 25.1 Å². The number of anilines is 1. The molecular formula is C16H20N4O3S2. The van der Waals surface area contributed by atoms with Gasteiger partial charge in [0.1, 0.15) is 10.0 Å². The number of amides is 1. The second-order valence-corrected chi connectivity index (χ2v) is 9.03. The number of thiophene rings is 1. The van der Waals surface area contributed by atoms with Gasteiger partial charge in [0.05, 0.1) is 6.54 Å². The first-order valence-corrected chi connectivity index (χ1v) is 10.3. The summed E-state index contributed by atoms with van der Waals surface area (Å²) < 4.78 is 27.0. The largest absolute Gasteiger partial charge is 0.353 e. The van der Waals surface area contributed by atoms with Crippen molar-refractivity contribution in [2.24, 2.45) is 0 Å². The van der Waals surface area contributed by atoms with Gasteiger partial charge in [0.15, 0.2) is 0 Å². The monoisotopic (exact) mass is 380 g/mol. The molecule has 1 saturated heterocycles. The molecule has 0 aromatic carbocycles. The molecule has 1 aliphatic heterocycles. The minimum absolute atomic E-state index is 0.211. The van der Waals surface area contributed by atoms with E-state index in [-0.39, 0.29) is 16.7 Å². The zero-order valence-electron chi connectivity index (χ0n) is 13.9. The number of piperazine rings is 1. The third-order valence-corrected chi connectivity index (χ3v) is 6.89. The molecule has 0 unspecified atom stereocenters. The van der Waals surface area contributed by atoms with Crippen LogP contribution in [0.15, 0.2) is 40.7 Å². The van der Waals surface area contributed by atoms with Crippen LogP contribution < -0.4 is 9.62 Å². The van der Waals surface area contributed by atoms with E-state index >= 15 is 0 Å². The molecule has 1 N–H and O–H groups in total. The van der Waals surface area contributed by atoms with Crippen LogP contribution in [0.3, 0.4) is 0 Å². The van der Waals surface area contributed by atoms with Crippen molar-refractivity contribution in [2.45, 2.75) is 11.1 Å². The lowest BCUT2D eigenvalue weighted by Crippen LogP contribution is -2.51. The number of sulfonamides is 1. The van der Waals surface area contributed by atoms with Crippen LogP contribution in [0, 0.1) is 6.92 Å². The number of nitrogens with one attached hydrogen (secondary N) is 1. The molecule has 1 amide bonds. The van der Waals surface area contributed by atoms with Crippen LogP contribution in [0.25, 0.3) is 0 Å². The van der Waals surface area contributed by atoms with Gasteiger partial charge in [-0.2, -0.15) is 0 Å². The highest BCUT2D eigenvalue weighted by Gasteiger charge is 2.24. The number of hydrogen-bond donors (Lipinski definition) is 1. The topological polar surface area (TPSA) is 82.6 Å². The van der Waals surface area contributed by atoms with Gasteiger partial charge in [0, 0.05) is 37.3 Å². The Hall–Kier alpha value is -1.97. The third-order valence-electron chi connectivity index (χ3n) is 4.00. The number of aromatic nitrogens is 1. The fourth-order valence-electron chi connectivity index (χ4n) is 2.62. The predicted molar refractivity (Wildman–Crippen MR) is 97.3 cm³/mol. The molecular weight excluding hydrogens is 360 g/mol. The molecule has 0 saturated carbocycles. The van der Waals surface area contributed by atoms with Gasteiger partial charge in [0.25, 0.3) is 10.0 Å². The quantitative estimate of drug-likeness (QED) is 0.839. The van der Waals surface area contributed by atoms with Crippen LogP contribution >= 0.6 is 11.3 Å². The summed E-state index contributed by atoms with van der Waals surface area (Å²) in [6.45, 7) is 4.09. The summed E-state index contributed by atoms with van der Waals surface area (Å²) in [5.41, 5.74) is 0. The number of rotatable bonds is 5. The second-order valence-electron chi connectivity index (χ2n) is 5.75. The zero-order chi connectivity index (χ0) is 17.9. The van der Waals surface area contributed by atoms with Crippen molar-refractivity contribution in [2.75, 3.05) is 37.6 Å². The maximum absolute atomic E-state index is 12.3. The van der Waals surface area contributed by atoms with E-state index in [9.17, 15) is 13.2 Å². The first kappa shape index (κ1) is 17.8. The van der Waals surface area contributed by atoms with Crippen LogP contribution in [-0.4, -0.2) is 56.9 Å². The molecule has 9 heteroatoms. The molecule has 2 aromatic rings. The van der Waals surface area contributed by atoms with Crippen molar-refractivity contribution in [1.29, 1.82) is 0 Å². The summed E-state index contributed by atoms with van der Waals surface area (Å²) in [6.07, 6.45) is 1.74. The summed E-state index contributed by atoms with van der Waals surface area (Å²) in [5, 5.41) is 0. The van der Waals surface area contributed by atoms with E-state index in [4.69, 9.17) is 0 Å². The van der Waals surface area contributed by atoms with Gasteiger partial charge < -0.3 is 9.80 Å². The summed E-state index contributed by atoms with van der Waals surface area (Å²) in [7, 11) is -3.63. The van der Waals surface area contributed by atoms with E-state index in [1.54, 1.807) is 23.2 Å². The Morgan fingerprint density at radius 1 is 1.20 bits per heavy atom. The minimum Gasteiger partial charge on any atom is -0.353 e. The summed E-state index contributed by atoms with van der Waals surface area (Å²) in [4.78, 5) is 21.3. The number of pyridine rings is 1. The van der Waals surface area contributed by atoms with Gasteiger partial charge in [-0.1, -0.05) is 6.07 Å². The van der Waals surface area contributed by atoms with Crippen molar-refractivity contribution >= 4 is 33.1 Å². The Kier molecular flexibility index (Phi) is 5.36. The number of carbonyl (C=O) groups excluding carboxylic acids is 1. The van der Waals surface area contributed by atoms with Gasteiger partial charge in [-0.15, -0.1) is 11.3 Å². The second kappa shape index (κ2) is 7.51. The molecule has 7 nitrogen and oxygen atoms in total. The van der Waals surface area contributed by atoms with E-state index in [2.05, 4.69) is 14.6 Å². The lowest BCUT2D eigenvalue weighted by Gasteiger charge is -2.35. The van der Waals surface area contributed by atoms with Gasteiger partial charge in [-0.3, -0.25) is 4.79 Å². The molecule has 25 heavy (non-hydrogen) atoms. The Labute approximate surface area is 151 Å². The van der Waals surface area contributed by atoms with Crippen molar-refractivity contribution in [3.05, 3.63) is 41.4 Å². The summed E-state index contributed by atoms with van der Waals surface area (Å²) >= 11 is 1.19. The van der Waals surface area contributed by atoms with E-state index in [1.165, 1.54) is 11.3 Å². The Morgan fingerprint density at radius 2 is 1.96 bits per heavy atom. The first-order valence-electron chi connectivity index (χ1n) is 7.95. The molecule has 0 spiro atoms. The molecule has 1 fully saturated rings. The Balaban J connectivity index is 1.51.